The number of nitrogens with one attached hydrogen (secondary N) is 1. The highest BCUT2D eigenvalue weighted by atomic mass is 15.0. The molecule has 66 valence electrons. The highest BCUT2D eigenvalue weighted by molar-refractivity contribution is 4.73. The fourth-order valence-electron chi connectivity index (χ4n) is 1.90. The van der Waals surface area contributed by atoms with E-state index >= 15 is 0 Å². The lowest BCUT2D eigenvalue weighted by Crippen LogP contribution is -2.44. The summed E-state index contributed by atoms with van der Waals surface area (Å²) in [6, 6.07) is 0. The van der Waals surface area contributed by atoms with Crippen LogP contribution in [0, 0.1) is 5.92 Å². The first-order valence-corrected chi connectivity index (χ1v) is 4.83. The highest BCUT2D eigenvalue weighted by Crippen LogP contribution is 2.24. The molecule has 0 radical (unpaired) electrons. The molecule has 1 saturated carbocycles. The maximum atomic E-state index is 5.95. The van der Waals surface area contributed by atoms with Gasteiger partial charge in [0.25, 0.3) is 0 Å². The molecule has 1 rings (SSSR count). The van der Waals surface area contributed by atoms with Crippen molar-refractivity contribution < 1.29 is 0 Å². The molecule has 2 nitrogen and oxygen atoms in total. The molecule has 0 aromatic heterocycles. The molecule has 0 aromatic carbocycles. The smallest absolute Gasteiger partial charge is 0.0575 e. The Balaban J connectivity index is 2.21. The van der Waals surface area contributed by atoms with E-state index in [0.717, 1.165) is 12.5 Å². The van der Waals surface area contributed by atoms with E-state index in [4.69, 9.17) is 5.73 Å². The molecular weight excluding hydrogens is 136 g/mol. The summed E-state index contributed by atoms with van der Waals surface area (Å²) < 4.78 is 0. The molecule has 1 aliphatic rings. The van der Waals surface area contributed by atoms with E-state index < -0.39 is 0 Å². The lowest BCUT2D eigenvalue weighted by Gasteiger charge is -2.27. The summed E-state index contributed by atoms with van der Waals surface area (Å²) in [5, 5.41) is 3.29. The van der Waals surface area contributed by atoms with Crippen molar-refractivity contribution in [3.05, 3.63) is 0 Å². The third-order valence-corrected chi connectivity index (χ3v) is 2.60. The quantitative estimate of drug-likeness (QED) is 0.607. The van der Waals surface area contributed by atoms with Gasteiger partial charge in [0.2, 0.25) is 0 Å². The Morgan fingerprint density at radius 2 is 2.00 bits per heavy atom. The van der Waals surface area contributed by atoms with E-state index in [1.165, 1.54) is 32.1 Å². The van der Waals surface area contributed by atoms with Gasteiger partial charge in [-0.25, -0.2) is 0 Å². The van der Waals surface area contributed by atoms with E-state index in [-0.39, 0.29) is 6.17 Å². The minimum absolute atomic E-state index is 0.250. The normalized spacial score (nSPS) is 23.5. The van der Waals surface area contributed by atoms with Gasteiger partial charge in [-0.05, 0) is 25.3 Å². The van der Waals surface area contributed by atoms with Crippen LogP contribution in [0.2, 0.25) is 0 Å². The largest absolute Gasteiger partial charge is 0.316 e. The molecule has 1 unspecified atom stereocenters. The summed E-state index contributed by atoms with van der Waals surface area (Å²) in [5.41, 5.74) is 5.95. The number of rotatable bonds is 3. The van der Waals surface area contributed by atoms with E-state index in [2.05, 4.69) is 12.2 Å². The first-order chi connectivity index (χ1) is 5.34. The molecule has 0 bridgehead atoms. The lowest BCUT2D eigenvalue weighted by atomic mass is 9.87. The van der Waals surface area contributed by atoms with Crippen molar-refractivity contribution in [2.45, 2.75) is 45.2 Å². The second-order valence-electron chi connectivity index (χ2n) is 3.48. The van der Waals surface area contributed by atoms with Crippen LogP contribution >= 0.6 is 0 Å². The summed E-state index contributed by atoms with van der Waals surface area (Å²) in [5.74, 6) is 0.740. The van der Waals surface area contributed by atoms with Crippen molar-refractivity contribution in [3.63, 3.8) is 0 Å². The standard InChI is InChI=1S/C9H20N2/c1-2-11-9(10)8-6-4-3-5-7-8/h8-9,11H,2-7,10H2,1H3. The van der Waals surface area contributed by atoms with Crippen LogP contribution in [0.3, 0.4) is 0 Å². The number of hydrogen-bond acceptors (Lipinski definition) is 2. The molecule has 0 amide bonds. The summed E-state index contributed by atoms with van der Waals surface area (Å²) in [6.45, 7) is 3.11. The average molecular weight is 156 g/mol. The van der Waals surface area contributed by atoms with Crippen LogP contribution in [0.4, 0.5) is 0 Å². The highest BCUT2D eigenvalue weighted by Gasteiger charge is 2.18. The zero-order valence-electron chi connectivity index (χ0n) is 7.47. The third-order valence-electron chi connectivity index (χ3n) is 2.60. The van der Waals surface area contributed by atoms with E-state index in [1.807, 2.05) is 0 Å². The van der Waals surface area contributed by atoms with Gasteiger partial charge in [0, 0.05) is 0 Å². The van der Waals surface area contributed by atoms with E-state index in [1.54, 1.807) is 0 Å². The van der Waals surface area contributed by atoms with Gasteiger partial charge in [-0.1, -0.05) is 26.2 Å². The van der Waals surface area contributed by atoms with Crippen LogP contribution < -0.4 is 11.1 Å². The van der Waals surface area contributed by atoms with Gasteiger partial charge in [0.1, 0.15) is 0 Å². The summed E-state index contributed by atoms with van der Waals surface area (Å²) in [4.78, 5) is 0. The molecule has 1 fully saturated rings. The first-order valence-electron chi connectivity index (χ1n) is 4.83. The molecule has 0 saturated heterocycles. The fraction of sp³-hybridized carbons (Fsp3) is 1.00. The van der Waals surface area contributed by atoms with Crippen molar-refractivity contribution in [1.29, 1.82) is 0 Å². The summed E-state index contributed by atoms with van der Waals surface area (Å²) in [6.07, 6.45) is 7.07. The molecule has 2 heteroatoms. The van der Waals surface area contributed by atoms with Gasteiger partial charge in [-0.2, -0.15) is 0 Å². The van der Waals surface area contributed by atoms with Crippen molar-refractivity contribution >= 4 is 0 Å². The predicted octanol–water partition coefficient (Wildman–Crippen LogP) is 1.46. The molecule has 0 aromatic rings. The second-order valence-corrected chi connectivity index (χ2v) is 3.48. The maximum absolute atomic E-state index is 5.95. The van der Waals surface area contributed by atoms with Crippen molar-refractivity contribution in [2.75, 3.05) is 6.54 Å². The van der Waals surface area contributed by atoms with Crippen molar-refractivity contribution in [3.8, 4) is 0 Å². The van der Waals surface area contributed by atoms with E-state index in [0.29, 0.717) is 0 Å². The second kappa shape index (κ2) is 4.73. The van der Waals surface area contributed by atoms with Crippen LogP contribution in [-0.2, 0) is 0 Å². The minimum atomic E-state index is 0.250. The fourth-order valence-corrected chi connectivity index (χ4v) is 1.90. The molecule has 0 heterocycles. The van der Waals surface area contributed by atoms with Crippen LogP contribution in [0.5, 0.6) is 0 Å². The van der Waals surface area contributed by atoms with Gasteiger partial charge in [0.05, 0.1) is 6.17 Å². The molecule has 11 heavy (non-hydrogen) atoms. The Morgan fingerprint density at radius 3 is 2.55 bits per heavy atom. The van der Waals surface area contributed by atoms with Crippen LogP contribution in [0.15, 0.2) is 0 Å². The molecule has 1 aliphatic carbocycles. The summed E-state index contributed by atoms with van der Waals surface area (Å²) in [7, 11) is 0. The molecule has 3 N–H and O–H groups in total. The Kier molecular flexibility index (Phi) is 3.87. The van der Waals surface area contributed by atoms with Gasteiger partial charge in [-0.3, -0.25) is 0 Å². The Morgan fingerprint density at radius 1 is 1.36 bits per heavy atom. The van der Waals surface area contributed by atoms with Crippen molar-refractivity contribution in [2.24, 2.45) is 11.7 Å². The van der Waals surface area contributed by atoms with Gasteiger partial charge in [0.15, 0.2) is 0 Å². The van der Waals surface area contributed by atoms with Gasteiger partial charge < -0.3 is 11.1 Å². The maximum Gasteiger partial charge on any atom is 0.0575 e. The zero-order chi connectivity index (χ0) is 8.10. The Hall–Kier alpha value is -0.0800. The van der Waals surface area contributed by atoms with Crippen LogP contribution in [0.1, 0.15) is 39.0 Å². The van der Waals surface area contributed by atoms with Crippen LogP contribution in [-0.4, -0.2) is 12.7 Å². The van der Waals surface area contributed by atoms with Gasteiger partial charge >= 0.3 is 0 Å². The lowest BCUT2D eigenvalue weighted by molar-refractivity contribution is 0.276. The number of hydrogen-bond donors (Lipinski definition) is 2. The predicted molar refractivity (Wildman–Crippen MR) is 48.2 cm³/mol. The molecule has 0 spiro atoms. The molecular formula is C9H20N2. The molecule has 1 atom stereocenters. The van der Waals surface area contributed by atoms with Gasteiger partial charge in [-0.15, -0.1) is 0 Å². The third kappa shape index (κ3) is 2.80. The van der Waals surface area contributed by atoms with E-state index in [9.17, 15) is 0 Å². The Labute approximate surface area is 69.5 Å². The summed E-state index contributed by atoms with van der Waals surface area (Å²) >= 11 is 0. The number of nitrogens with two attached hydrogens (primary N) is 1. The monoisotopic (exact) mass is 156 g/mol. The zero-order valence-corrected chi connectivity index (χ0v) is 7.47. The SMILES string of the molecule is CCNC(N)C1CCCCC1. The molecule has 0 aliphatic heterocycles. The topological polar surface area (TPSA) is 38.0 Å². The minimum Gasteiger partial charge on any atom is -0.316 e. The first kappa shape index (κ1) is 9.01. The van der Waals surface area contributed by atoms with Crippen LogP contribution in [0.25, 0.3) is 0 Å². The Bertz CT molecular complexity index is 97.7. The van der Waals surface area contributed by atoms with Crippen molar-refractivity contribution in [1.82, 2.24) is 5.32 Å². The average Bonchev–Trinajstić information content (AvgIpc) is 2.07.